The maximum Gasteiger partial charge on any atom is 0.242 e. The van der Waals surface area contributed by atoms with Gasteiger partial charge in [-0.25, -0.2) is 4.98 Å². The molecule has 6 nitrogen and oxygen atoms in total. The first-order valence-electron chi connectivity index (χ1n) is 6.49. The van der Waals surface area contributed by atoms with Crippen molar-refractivity contribution in [2.75, 3.05) is 24.2 Å². The highest BCUT2D eigenvalue weighted by Gasteiger charge is 2.14. The number of hydrogen-bond acceptors (Lipinski definition) is 5. The molecule has 1 rings (SSSR count). The lowest BCUT2D eigenvalue weighted by atomic mass is 10.2. The molecule has 3 N–H and O–H groups in total. The topological polar surface area (TPSA) is 78.9 Å². The van der Waals surface area contributed by atoms with E-state index in [0.29, 0.717) is 24.2 Å². The Hall–Kier alpha value is -1.85. The van der Waals surface area contributed by atoms with Crippen molar-refractivity contribution < 1.29 is 4.79 Å². The van der Waals surface area contributed by atoms with Gasteiger partial charge < -0.3 is 16.0 Å². The minimum atomic E-state index is -0.336. The van der Waals surface area contributed by atoms with E-state index in [4.69, 9.17) is 0 Å². The highest BCUT2D eigenvalue weighted by molar-refractivity contribution is 5.84. The summed E-state index contributed by atoms with van der Waals surface area (Å²) in [6.07, 6.45) is 1.72. The molecule has 0 bridgehead atoms. The van der Waals surface area contributed by atoms with E-state index in [9.17, 15) is 4.79 Å². The monoisotopic (exact) mass is 265 g/mol. The molecule has 0 aliphatic rings. The minimum absolute atomic E-state index is 0.0299. The van der Waals surface area contributed by atoms with Crippen molar-refractivity contribution in [3.05, 3.63) is 11.8 Å². The van der Waals surface area contributed by atoms with E-state index in [2.05, 4.69) is 39.8 Å². The summed E-state index contributed by atoms with van der Waals surface area (Å²) in [6.45, 7) is 8.52. The van der Waals surface area contributed by atoms with E-state index < -0.39 is 0 Å². The summed E-state index contributed by atoms with van der Waals surface area (Å²) < 4.78 is 0. The second-order valence-electron chi connectivity index (χ2n) is 4.98. The van der Waals surface area contributed by atoms with Crippen molar-refractivity contribution in [2.45, 2.75) is 33.7 Å². The normalized spacial score (nSPS) is 12.1. The minimum Gasteiger partial charge on any atom is -0.358 e. The Kier molecular flexibility index (Phi) is 5.54. The van der Waals surface area contributed by atoms with Gasteiger partial charge in [-0.1, -0.05) is 13.8 Å². The van der Waals surface area contributed by atoms with Crippen LogP contribution >= 0.6 is 0 Å². The van der Waals surface area contributed by atoms with E-state index in [0.717, 1.165) is 5.56 Å². The van der Waals surface area contributed by atoms with Gasteiger partial charge in [-0.05, 0) is 19.8 Å². The van der Waals surface area contributed by atoms with E-state index in [1.807, 2.05) is 13.8 Å². The number of anilines is 2. The Morgan fingerprint density at radius 2 is 2.05 bits per heavy atom. The molecule has 1 aromatic heterocycles. The van der Waals surface area contributed by atoms with Gasteiger partial charge in [-0.15, -0.1) is 0 Å². The Bertz CT molecular complexity index is 433. The number of hydrogen-bond donors (Lipinski definition) is 3. The number of carbonyl (C=O) groups is 1. The highest BCUT2D eigenvalue weighted by atomic mass is 16.2. The molecular formula is C13H23N5O. The van der Waals surface area contributed by atoms with Gasteiger partial charge in [0.25, 0.3) is 0 Å². The number of rotatable bonds is 6. The molecule has 1 heterocycles. The summed E-state index contributed by atoms with van der Waals surface area (Å²) >= 11 is 0. The van der Waals surface area contributed by atoms with Crippen LogP contribution in [-0.2, 0) is 4.79 Å². The predicted molar refractivity (Wildman–Crippen MR) is 77.2 cm³/mol. The van der Waals surface area contributed by atoms with Gasteiger partial charge in [0.1, 0.15) is 11.9 Å². The van der Waals surface area contributed by atoms with Gasteiger partial charge in [-0.2, -0.15) is 4.98 Å². The number of carbonyl (C=O) groups excluding carboxylic acids is 1. The summed E-state index contributed by atoms with van der Waals surface area (Å²) in [7, 11) is 1.76. The second-order valence-corrected chi connectivity index (χ2v) is 4.98. The van der Waals surface area contributed by atoms with Gasteiger partial charge in [0.05, 0.1) is 0 Å². The lowest BCUT2D eigenvalue weighted by molar-refractivity contribution is -0.121. The summed E-state index contributed by atoms with van der Waals surface area (Å²) in [4.78, 5) is 20.3. The SMILES string of the molecule is CNc1ncc(C)c(NC(C)C(=O)NCC(C)C)n1. The largest absolute Gasteiger partial charge is 0.358 e. The van der Waals surface area contributed by atoms with Crippen molar-refractivity contribution >= 4 is 17.7 Å². The van der Waals surface area contributed by atoms with Crippen LogP contribution < -0.4 is 16.0 Å². The van der Waals surface area contributed by atoms with Crippen LogP contribution in [0.3, 0.4) is 0 Å². The zero-order valence-electron chi connectivity index (χ0n) is 12.2. The molecule has 6 heteroatoms. The zero-order chi connectivity index (χ0) is 14.4. The zero-order valence-corrected chi connectivity index (χ0v) is 12.2. The molecule has 106 valence electrons. The fourth-order valence-electron chi connectivity index (χ4n) is 1.44. The maximum absolute atomic E-state index is 11.9. The number of aromatic nitrogens is 2. The molecule has 0 radical (unpaired) electrons. The Labute approximate surface area is 114 Å². The van der Waals surface area contributed by atoms with Gasteiger partial charge in [-0.3, -0.25) is 4.79 Å². The van der Waals surface area contributed by atoms with Crippen LogP contribution in [0.25, 0.3) is 0 Å². The van der Waals surface area contributed by atoms with E-state index in [-0.39, 0.29) is 11.9 Å². The van der Waals surface area contributed by atoms with Crippen LogP contribution in [0.4, 0.5) is 11.8 Å². The van der Waals surface area contributed by atoms with Gasteiger partial charge in [0, 0.05) is 25.4 Å². The number of amides is 1. The third-order valence-electron chi connectivity index (χ3n) is 2.63. The summed E-state index contributed by atoms with van der Waals surface area (Å²) in [5.74, 6) is 1.61. The Morgan fingerprint density at radius 1 is 1.37 bits per heavy atom. The summed E-state index contributed by atoms with van der Waals surface area (Å²) in [5, 5.41) is 8.87. The van der Waals surface area contributed by atoms with Crippen LogP contribution in [0.15, 0.2) is 6.20 Å². The van der Waals surface area contributed by atoms with Crippen LogP contribution in [0.2, 0.25) is 0 Å². The molecule has 0 aliphatic carbocycles. The lowest BCUT2D eigenvalue weighted by Gasteiger charge is -2.17. The molecule has 1 atom stereocenters. The third-order valence-corrected chi connectivity index (χ3v) is 2.63. The van der Waals surface area contributed by atoms with Crippen LogP contribution in [0.5, 0.6) is 0 Å². The van der Waals surface area contributed by atoms with Crippen LogP contribution in [0, 0.1) is 12.8 Å². The lowest BCUT2D eigenvalue weighted by Crippen LogP contribution is -2.39. The van der Waals surface area contributed by atoms with E-state index in [1.165, 1.54) is 0 Å². The maximum atomic E-state index is 11.9. The molecule has 1 amide bonds. The molecule has 0 saturated carbocycles. The highest BCUT2D eigenvalue weighted by Crippen LogP contribution is 2.13. The van der Waals surface area contributed by atoms with Crippen molar-refractivity contribution in [3.8, 4) is 0 Å². The fraction of sp³-hybridized carbons (Fsp3) is 0.615. The third kappa shape index (κ3) is 4.73. The van der Waals surface area contributed by atoms with E-state index in [1.54, 1.807) is 13.2 Å². The van der Waals surface area contributed by atoms with Gasteiger partial charge in [0.15, 0.2) is 0 Å². The number of nitrogens with one attached hydrogen (secondary N) is 3. The van der Waals surface area contributed by atoms with E-state index >= 15 is 0 Å². The first kappa shape index (κ1) is 15.2. The quantitative estimate of drug-likeness (QED) is 0.724. The van der Waals surface area contributed by atoms with Crippen molar-refractivity contribution in [1.82, 2.24) is 15.3 Å². The first-order valence-corrected chi connectivity index (χ1v) is 6.49. The molecule has 0 saturated heterocycles. The summed E-state index contributed by atoms with van der Waals surface area (Å²) in [5.41, 5.74) is 0.905. The standard InChI is InChI=1S/C13H23N5O/c1-8(2)6-15-12(19)10(4)17-11-9(3)7-16-13(14-5)18-11/h7-8,10H,6H2,1-5H3,(H,15,19)(H2,14,16,17,18). The smallest absolute Gasteiger partial charge is 0.242 e. The van der Waals surface area contributed by atoms with Crippen LogP contribution in [-0.4, -0.2) is 35.5 Å². The second kappa shape index (κ2) is 6.92. The van der Waals surface area contributed by atoms with Gasteiger partial charge in [0.2, 0.25) is 11.9 Å². The molecule has 19 heavy (non-hydrogen) atoms. The van der Waals surface area contributed by atoms with Crippen molar-refractivity contribution in [2.24, 2.45) is 5.92 Å². The number of aryl methyl sites for hydroxylation is 1. The molecule has 1 unspecified atom stereocenters. The van der Waals surface area contributed by atoms with Crippen LogP contribution in [0.1, 0.15) is 26.3 Å². The Balaban J connectivity index is 2.65. The average Bonchev–Trinajstić information content (AvgIpc) is 2.38. The fourth-order valence-corrected chi connectivity index (χ4v) is 1.44. The average molecular weight is 265 g/mol. The van der Waals surface area contributed by atoms with Crippen molar-refractivity contribution in [3.63, 3.8) is 0 Å². The summed E-state index contributed by atoms with van der Waals surface area (Å²) in [6, 6.07) is -0.336. The van der Waals surface area contributed by atoms with Crippen molar-refractivity contribution in [1.29, 1.82) is 0 Å². The molecule has 0 aliphatic heterocycles. The predicted octanol–water partition coefficient (Wildman–Crippen LogP) is 1.40. The molecular weight excluding hydrogens is 242 g/mol. The first-order chi connectivity index (χ1) is 8.93. The molecule has 0 fully saturated rings. The molecule has 0 aromatic carbocycles. The van der Waals surface area contributed by atoms with Gasteiger partial charge >= 0.3 is 0 Å². The Morgan fingerprint density at radius 3 is 2.63 bits per heavy atom. The molecule has 0 spiro atoms. The molecule has 1 aromatic rings. The number of nitrogens with zero attached hydrogens (tertiary/aromatic N) is 2.